The van der Waals surface area contributed by atoms with Crippen LogP contribution in [0.25, 0.3) is 0 Å². The van der Waals surface area contributed by atoms with E-state index in [-0.39, 0.29) is 29.6 Å². The summed E-state index contributed by atoms with van der Waals surface area (Å²) >= 11 is 7.01. The Morgan fingerprint density at radius 3 is 2.43 bits per heavy atom. The Labute approximate surface area is 210 Å². The van der Waals surface area contributed by atoms with Crippen molar-refractivity contribution in [3.8, 4) is 0 Å². The van der Waals surface area contributed by atoms with E-state index in [0.29, 0.717) is 39.0 Å². The molecule has 0 atom stereocenters. The second-order valence-electron chi connectivity index (χ2n) is 7.93. The molecule has 3 N–H and O–H groups in total. The van der Waals surface area contributed by atoms with Crippen LogP contribution < -0.4 is 15.5 Å². The summed E-state index contributed by atoms with van der Waals surface area (Å²) in [5.41, 5.74) is 1.46. The van der Waals surface area contributed by atoms with Gasteiger partial charge in [-0.3, -0.25) is 14.4 Å². The van der Waals surface area contributed by atoms with Crippen molar-refractivity contribution in [1.82, 2.24) is 5.32 Å². The zero-order valence-electron chi connectivity index (χ0n) is 18.5. The molecule has 0 bridgehead atoms. The Hall–Kier alpha value is -3.69. The molecule has 0 radical (unpaired) electrons. The Kier molecular flexibility index (Phi) is 7.48. The highest BCUT2D eigenvalue weighted by Gasteiger charge is 2.21. The van der Waals surface area contributed by atoms with E-state index in [2.05, 4.69) is 10.6 Å². The molecule has 8 nitrogen and oxygen atoms in total. The monoisotopic (exact) mass is 511 g/mol. The minimum absolute atomic E-state index is 0.00109. The van der Waals surface area contributed by atoms with Gasteiger partial charge >= 0.3 is 5.97 Å². The van der Waals surface area contributed by atoms with Crippen molar-refractivity contribution in [2.75, 3.05) is 16.8 Å². The normalized spacial score (nSPS) is 13.4. The zero-order valence-corrected chi connectivity index (χ0v) is 20.1. The van der Waals surface area contributed by atoms with E-state index in [9.17, 15) is 24.3 Å². The predicted molar refractivity (Wildman–Crippen MR) is 134 cm³/mol. The SMILES string of the molecule is O=C(Nc1c(CNC(=O)c2ccc(Cl)s2)cccc1C(=O)O)c1ccc(N2CCCCC2=O)cc1. The number of halogens is 1. The molecule has 3 amide bonds. The smallest absolute Gasteiger partial charge is 0.337 e. The third-order valence-corrected chi connectivity index (χ3v) is 6.85. The lowest BCUT2D eigenvalue weighted by molar-refractivity contribution is -0.119. The van der Waals surface area contributed by atoms with Gasteiger partial charge in [-0.25, -0.2) is 4.79 Å². The number of benzene rings is 2. The lowest BCUT2D eigenvalue weighted by Crippen LogP contribution is -2.35. The molecule has 180 valence electrons. The van der Waals surface area contributed by atoms with Crippen molar-refractivity contribution >= 4 is 58.0 Å². The van der Waals surface area contributed by atoms with Gasteiger partial charge in [-0.05, 0) is 60.9 Å². The summed E-state index contributed by atoms with van der Waals surface area (Å²) in [6.45, 7) is 0.643. The van der Waals surface area contributed by atoms with Gasteiger partial charge in [0, 0.05) is 30.8 Å². The number of amides is 3. The number of carboxylic acids is 1. The van der Waals surface area contributed by atoms with Crippen LogP contribution in [0.2, 0.25) is 4.34 Å². The number of rotatable bonds is 7. The number of thiophene rings is 1. The third-order valence-electron chi connectivity index (χ3n) is 5.62. The Morgan fingerprint density at radius 1 is 1.00 bits per heavy atom. The van der Waals surface area contributed by atoms with Crippen LogP contribution in [-0.4, -0.2) is 35.3 Å². The summed E-state index contributed by atoms with van der Waals surface area (Å²) < 4.78 is 0.478. The number of hydrogen-bond acceptors (Lipinski definition) is 5. The molecule has 1 aliphatic heterocycles. The number of carboxylic acid groups (broad SMARTS) is 1. The number of anilines is 2. The van der Waals surface area contributed by atoms with E-state index in [1.807, 2.05) is 0 Å². The standard InChI is InChI=1S/C25H22ClN3O5S/c26-20-12-11-19(35-20)24(32)27-14-16-4-3-5-18(25(33)34)22(16)28-23(31)15-7-9-17(10-8-15)29-13-2-1-6-21(29)30/h3-5,7-12H,1-2,6,13-14H2,(H,27,32)(H,28,31)(H,33,34). The van der Waals surface area contributed by atoms with Gasteiger partial charge in [0.15, 0.2) is 0 Å². The topological polar surface area (TPSA) is 116 Å². The number of carbonyl (C=O) groups is 4. The van der Waals surface area contributed by atoms with Crippen LogP contribution in [0.3, 0.4) is 0 Å². The van der Waals surface area contributed by atoms with E-state index in [0.717, 1.165) is 24.2 Å². The van der Waals surface area contributed by atoms with E-state index in [1.165, 1.54) is 6.07 Å². The molecular formula is C25H22ClN3O5S. The van der Waals surface area contributed by atoms with Gasteiger partial charge in [0.1, 0.15) is 0 Å². The maximum absolute atomic E-state index is 13.0. The molecule has 3 aromatic rings. The first-order chi connectivity index (χ1) is 16.8. The van der Waals surface area contributed by atoms with Gasteiger partial charge in [-0.2, -0.15) is 0 Å². The highest BCUT2D eigenvalue weighted by atomic mass is 35.5. The van der Waals surface area contributed by atoms with Gasteiger partial charge < -0.3 is 20.6 Å². The molecule has 2 aromatic carbocycles. The van der Waals surface area contributed by atoms with Crippen LogP contribution in [0, 0.1) is 0 Å². The van der Waals surface area contributed by atoms with E-state index in [4.69, 9.17) is 11.6 Å². The summed E-state index contributed by atoms with van der Waals surface area (Å²) in [6, 6.07) is 14.4. The van der Waals surface area contributed by atoms with Crippen LogP contribution >= 0.6 is 22.9 Å². The zero-order chi connectivity index (χ0) is 24.9. The molecule has 35 heavy (non-hydrogen) atoms. The highest BCUT2D eigenvalue weighted by molar-refractivity contribution is 7.18. The molecule has 1 saturated heterocycles. The first-order valence-corrected chi connectivity index (χ1v) is 12.1. The fourth-order valence-corrected chi connectivity index (χ4v) is 4.79. The van der Waals surface area contributed by atoms with Crippen LogP contribution in [0.15, 0.2) is 54.6 Å². The summed E-state index contributed by atoms with van der Waals surface area (Å²) in [5, 5.41) is 15.1. The fraction of sp³-hybridized carbons (Fsp3) is 0.200. The minimum Gasteiger partial charge on any atom is -0.478 e. The number of aromatic carboxylic acids is 1. The van der Waals surface area contributed by atoms with E-state index in [1.54, 1.807) is 53.4 Å². The first kappa shape index (κ1) is 24.4. The number of piperidine rings is 1. The molecule has 1 fully saturated rings. The maximum Gasteiger partial charge on any atom is 0.337 e. The van der Waals surface area contributed by atoms with E-state index < -0.39 is 11.9 Å². The van der Waals surface area contributed by atoms with Crippen LogP contribution in [0.5, 0.6) is 0 Å². The summed E-state index contributed by atoms with van der Waals surface area (Å²) in [5.74, 6) is -2.02. The van der Waals surface area contributed by atoms with Gasteiger partial charge in [-0.15, -0.1) is 11.3 Å². The Morgan fingerprint density at radius 2 is 1.77 bits per heavy atom. The van der Waals surface area contributed by atoms with Crippen LogP contribution in [0.1, 0.15) is 55.2 Å². The fourth-order valence-electron chi connectivity index (χ4n) is 3.83. The van der Waals surface area contributed by atoms with Crippen molar-refractivity contribution in [1.29, 1.82) is 0 Å². The Bertz CT molecular complexity index is 1290. The summed E-state index contributed by atoms with van der Waals surface area (Å²) in [7, 11) is 0. The molecule has 0 unspecified atom stereocenters. The Balaban J connectivity index is 1.52. The molecule has 0 saturated carbocycles. The van der Waals surface area contributed by atoms with Gasteiger partial charge in [0.05, 0.1) is 20.5 Å². The highest BCUT2D eigenvalue weighted by Crippen LogP contribution is 2.25. The molecule has 2 heterocycles. The maximum atomic E-state index is 13.0. The quantitative estimate of drug-likeness (QED) is 0.421. The number of nitrogens with zero attached hydrogens (tertiary/aromatic N) is 1. The van der Waals surface area contributed by atoms with Gasteiger partial charge in [0.2, 0.25) is 5.91 Å². The van der Waals surface area contributed by atoms with Crippen molar-refractivity contribution < 1.29 is 24.3 Å². The molecule has 1 aliphatic rings. The van der Waals surface area contributed by atoms with Crippen molar-refractivity contribution in [2.24, 2.45) is 0 Å². The average molecular weight is 512 g/mol. The van der Waals surface area contributed by atoms with Crippen molar-refractivity contribution in [3.63, 3.8) is 0 Å². The van der Waals surface area contributed by atoms with Gasteiger partial charge in [0.25, 0.3) is 11.8 Å². The molecular weight excluding hydrogens is 490 g/mol. The van der Waals surface area contributed by atoms with Crippen molar-refractivity contribution in [2.45, 2.75) is 25.8 Å². The number of para-hydroxylation sites is 1. The largest absolute Gasteiger partial charge is 0.478 e. The summed E-state index contributed by atoms with van der Waals surface area (Å²) in [4.78, 5) is 51.5. The molecule has 1 aromatic heterocycles. The third kappa shape index (κ3) is 5.70. The molecule has 0 spiro atoms. The number of carbonyl (C=O) groups excluding carboxylic acids is 3. The van der Waals surface area contributed by atoms with Crippen LogP contribution in [0.4, 0.5) is 11.4 Å². The lowest BCUT2D eigenvalue weighted by Gasteiger charge is -2.26. The van der Waals surface area contributed by atoms with Crippen molar-refractivity contribution in [3.05, 3.63) is 80.5 Å². The molecule has 10 heteroatoms. The number of hydrogen-bond donors (Lipinski definition) is 3. The summed E-state index contributed by atoms with van der Waals surface area (Å²) in [6.07, 6.45) is 2.31. The average Bonchev–Trinajstić information content (AvgIpc) is 3.29. The number of nitrogens with one attached hydrogen (secondary N) is 2. The second kappa shape index (κ2) is 10.7. The predicted octanol–water partition coefficient (Wildman–Crippen LogP) is 4.80. The molecule has 0 aliphatic carbocycles. The second-order valence-corrected chi connectivity index (χ2v) is 9.65. The van der Waals surface area contributed by atoms with Gasteiger partial charge in [-0.1, -0.05) is 23.7 Å². The first-order valence-electron chi connectivity index (χ1n) is 10.9. The molecule has 4 rings (SSSR count). The minimum atomic E-state index is -1.21. The lowest BCUT2D eigenvalue weighted by atomic mass is 10.1. The van der Waals surface area contributed by atoms with Crippen LogP contribution in [-0.2, 0) is 11.3 Å². The van der Waals surface area contributed by atoms with E-state index >= 15 is 0 Å².